The number of likely N-dealkylation sites (N-methyl/N-ethyl adjacent to an activating group) is 2. The van der Waals surface area contributed by atoms with Crippen LogP contribution in [-0.4, -0.2) is 42.4 Å². The second-order valence-corrected chi connectivity index (χ2v) is 7.75. The molecule has 2 aromatic carbocycles. The second-order valence-electron chi connectivity index (χ2n) is 7.75. The van der Waals surface area contributed by atoms with Crippen molar-refractivity contribution in [3.63, 3.8) is 0 Å². The summed E-state index contributed by atoms with van der Waals surface area (Å²) in [4.78, 5) is 30.7. The Morgan fingerprint density at radius 2 is 1.75 bits per heavy atom. The summed E-state index contributed by atoms with van der Waals surface area (Å²) in [5.74, 6) is -0.295. The summed E-state index contributed by atoms with van der Waals surface area (Å²) in [5, 5.41) is 9.07. The van der Waals surface area contributed by atoms with E-state index in [-0.39, 0.29) is 11.6 Å². The normalized spacial score (nSPS) is 19.2. The van der Waals surface area contributed by atoms with E-state index in [2.05, 4.69) is 0 Å². The molecule has 0 bridgehead atoms. The van der Waals surface area contributed by atoms with Crippen LogP contribution in [0.4, 0.5) is 23.7 Å². The van der Waals surface area contributed by atoms with Gasteiger partial charge >= 0.3 is 12.2 Å². The first-order chi connectivity index (χ1) is 15.1. The third-order valence-corrected chi connectivity index (χ3v) is 5.78. The molecule has 164 valence electrons. The van der Waals surface area contributed by atoms with Crippen molar-refractivity contribution in [3.05, 3.63) is 76.5 Å². The fraction of sp³-hybridized carbons (Fsp3) is 0.261. The number of urea groups is 1. The number of nitrogens with zero attached hydrogens (tertiary/aromatic N) is 4. The van der Waals surface area contributed by atoms with Crippen LogP contribution < -0.4 is 4.90 Å². The SMILES string of the molecule is CN1CCC2=C(C1=O)C(c1ccc(C#N)cc1)N(C)C(=O)N2c1cccc(C(F)(F)F)c1. The quantitative estimate of drug-likeness (QED) is 0.699. The van der Waals surface area contributed by atoms with Gasteiger partial charge in [-0.15, -0.1) is 0 Å². The van der Waals surface area contributed by atoms with Gasteiger partial charge in [0.2, 0.25) is 0 Å². The lowest BCUT2D eigenvalue weighted by molar-refractivity contribution is -0.137. The van der Waals surface area contributed by atoms with Gasteiger partial charge in [0.25, 0.3) is 5.91 Å². The van der Waals surface area contributed by atoms with Gasteiger partial charge in [0.1, 0.15) is 0 Å². The van der Waals surface area contributed by atoms with Crippen molar-refractivity contribution < 1.29 is 22.8 Å². The molecule has 0 N–H and O–H groups in total. The zero-order chi connectivity index (χ0) is 23.2. The molecule has 0 aliphatic carbocycles. The lowest BCUT2D eigenvalue weighted by atomic mass is 9.88. The Labute approximate surface area is 182 Å². The summed E-state index contributed by atoms with van der Waals surface area (Å²) in [7, 11) is 3.16. The van der Waals surface area contributed by atoms with E-state index in [9.17, 15) is 22.8 Å². The van der Waals surface area contributed by atoms with Gasteiger partial charge in [-0.1, -0.05) is 18.2 Å². The Balaban J connectivity index is 1.90. The molecule has 0 fully saturated rings. The molecule has 2 heterocycles. The zero-order valence-electron chi connectivity index (χ0n) is 17.3. The summed E-state index contributed by atoms with van der Waals surface area (Å²) in [5.41, 5.74) is 0.985. The Morgan fingerprint density at radius 1 is 1.06 bits per heavy atom. The number of hydrogen-bond acceptors (Lipinski definition) is 3. The van der Waals surface area contributed by atoms with Gasteiger partial charge in [-0.05, 0) is 35.9 Å². The number of alkyl halides is 3. The van der Waals surface area contributed by atoms with Crippen molar-refractivity contribution in [1.82, 2.24) is 9.80 Å². The van der Waals surface area contributed by atoms with Crippen molar-refractivity contribution in [2.75, 3.05) is 25.5 Å². The summed E-state index contributed by atoms with van der Waals surface area (Å²) in [6, 6.07) is 11.9. The highest BCUT2D eigenvalue weighted by molar-refractivity contribution is 6.05. The van der Waals surface area contributed by atoms with Gasteiger partial charge in [-0.2, -0.15) is 18.4 Å². The van der Waals surface area contributed by atoms with E-state index >= 15 is 0 Å². The molecule has 4 rings (SSSR count). The molecule has 0 aromatic heterocycles. The number of carbonyl (C=O) groups is 2. The Kier molecular flexibility index (Phi) is 5.17. The fourth-order valence-corrected chi connectivity index (χ4v) is 4.14. The monoisotopic (exact) mass is 440 g/mol. The lowest BCUT2D eigenvalue weighted by Gasteiger charge is -2.45. The van der Waals surface area contributed by atoms with E-state index in [0.717, 1.165) is 12.1 Å². The van der Waals surface area contributed by atoms with E-state index in [1.807, 2.05) is 6.07 Å². The van der Waals surface area contributed by atoms with Crippen LogP contribution >= 0.6 is 0 Å². The van der Waals surface area contributed by atoms with Gasteiger partial charge in [-0.25, -0.2) is 4.79 Å². The highest BCUT2D eigenvalue weighted by Crippen LogP contribution is 2.43. The number of halogens is 3. The van der Waals surface area contributed by atoms with Gasteiger partial charge < -0.3 is 9.80 Å². The van der Waals surface area contributed by atoms with E-state index < -0.39 is 23.8 Å². The molecule has 9 heteroatoms. The molecule has 2 aliphatic heterocycles. The molecule has 0 saturated carbocycles. The summed E-state index contributed by atoms with van der Waals surface area (Å²) in [6.07, 6.45) is -4.24. The zero-order valence-corrected chi connectivity index (χ0v) is 17.3. The maximum atomic E-state index is 13.4. The van der Waals surface area contributed by atoms with Crippen LogP contribution in [0.5, 0.6) is 0 Å². The first-order valence-electron chi connectivity index (χ1n) is 9.86. The van der Waals surface area contributed by atoms with Gasteiger partial charge in [-0.3, -0.25) is 9.69 Å². The van der Waals surface area contributed by atoms with Crippen LogP contribution in [0.2, 0.25) is 0 Å². The molecule has 2 aliphatic rings. The molecule has 6 nitrogen and oxygen atoms in total. The summed E-state index contributed by atoms with van der Waals surface area (Å²) >= 11 is 0. The molecule has 3 amide bonds. The molecular formula is C23H19F3N4O2. The first-order valence-corrected chi connectivity index (χ1v) is 9.86. The van der Waals surface area contributed by atoms with Crippen LogP contribution in [0.1, 0.15) is 29.2 Å². The number of rotatable bonds is 2. The molecule has 0 saturated heterocycles. The van der Waals surface area contributed by atoms with Crippen LogP contribution in [-0.2, 0) is 11.0 Å². The highest BCUT2D eigenvalue weighted by atomic mass is 19.4. The first kappa shape index (κ1) is 21.4. The summed E-state index contributed by atoms with van der Waals surface area (Å²) in [6.45, 7) is 0.338. The maximum Gasteiger partial charge on any atom is 0.416 e. The number of amides is 3. The average Bonchev–Trinajstić information content (AvgIpc) is 2.77. The number of nitriles is 1. The minimum absolute atomic E-state index is 0.0554. The van der Waals surface area contributed by atoms with Gasteiger partial charge in [0, 0.05) is 32.8 Å². The van der Waals surface area contributed by atoms with Crippen LogP contribution in [0.25, 0.3) is 0 Å². The van der Waals surface area contributed by atoms with E-state index in [1.165, 1.54) is 33.9 Å². The van der Waals surface area contributed by atoms with Crippen LogP contribution in [0, 0.1) is 11.3 Å². The minimum Gasteiger partial charge on any atom is -0.341 e. The number of benzene rings is 2. The smallest absolute Gasteiger partial charge is 0.341 e. The largest absolute Gasteiger partial charge is 0.416 e. The van der Waals surface area contributed by atoms with Crippen molar-refractivity contribution >= 4 is 17.6 Å². The number of carbonyl (C=O) groups excluding carboxylic acids is 2. The van der Waals surface area contributed by atoms with Crippen LogP contribution in [0.3, 0.4) is 0 Å². The lowest BCUT2D eigenvalue weighted by Crippen LogP contribution is -2.53. The van der Waals surface area contributed by atoms with Crippen molar-refractivity contribution in [1.29, 1.82) is 5.26 Å². The van der Waals surface area contributed by atoms with Gasteiger partial charge in [0.15, 0.2) is 0 Å². The van der Waals surface area contributed by atoms with E-state index in [0.29, 0.717) is 35.4 Å². The van der Waals surface area contributed by atoms with Crippen LogP contribution in [0.15, 0.2) is 59.8 Å². The fourth-order valence-electron chi connectivity index (χ4n) is 4.14. The minimum atomic E-state index is -4.56. The standard InChI is InChI=1S/C23H19F3N4O2/c1-28-11-10-18-19(21(28)31)20(15-8-6-14(13-27)7-9-15)29(2)22(32)30(18)17-5-3-4-16(12-17)23(24,25)26/h3-9,12,20H,10-11H2,1-2H3. The summed E-state index contributed by atoms with van der Waals surface area (Å²) < 4.78 is 39.9. The van der Waals surface area contributed by atoms with Crippen molar-refractivity contribution in [3.8, 4) is 6.07 Å². The number of anilines is 1. The predicted octanol–water partition coefficient (Wildman–Crippen LogP) is 4.31. The van der Waals surface area contributed by atoms with E-state index in [1.54, 1.807) is 31.3 Å². The van der Waals surface area contributed by atoms with Crippen molar-refractivity contribution in [2.24, 2.45) is 0 Å². The molecular weight excluding hydrogens is 421 g/mol. The molecule has 1 unspecified atom stereocenters. The average molecular weight is 440 g/mol. The third kappa shape index (κ3) is 3.47. The topological polar surface area (TPSA) is 67.6 Å². The Bertz CT molecular complexity index is 1160. The molecule has 2 aromatic rings. The second kappa shape index (κ2) is 7.71. The third-order valence-electron chi connectivity index (χ3n) is 5.78. The molecule has 0 spiro atoms. The van der Waals surface area contributed by atoms with Crippen molar-refractivity contribution in [2.45, 2.75) is 18.6 Å². The molecule has 1 atom stereocenters. The van der Waals surface area contributed by atoms with E-state index in [4.69, 9.17) is 5.26 Å². The molecule has 32 heavy (non-hydrogen) atoms. The maximum absolute atomic E-state index is 13.4. The predicted molar refractivity (Wildman–Crippen MR) is 110 cm³/mol. The van der Waals surface area contributed by atoms with Gasteiger partial charge in [0.05, 0.1) is 34.5 Å². The molecule has 0 radical (unpaired) electrons. The highest BCUT2D eigenvalue weighted by Gasteiger charge is 2.44. The number of hydrogen-bond donors (Lipinski definition) is 0. The Hall–Kier alpha value is -3.80. The Morgan fingerprint density at radius 3 is 2.38 bits per heavy atom.